The van der Waals surface area contributed by atoms with Crippen LogP contribution >= 0.6 is 0 Å². The first-order valence-electron chi connectivity index (χ1n) is 33.8. The minimum atomic E-state index is -3.02. The summed E-state index contributed by atoms with van der Waals surface area (Å²) in [7, 11) is 0. The average molecular weight is 1260 g/mol. The van der Waals surface area contributed by atoms with E-state index < -0.39 is 194 Å². The number of carbonyl (C=O) groups is 2. The van der Waals surface area contributed by atoms with E-state index in [1.165, 1.54) is 103 Å². The van der Waals surface area contributed by atoms with Gasteiger partial charge in [0, 0.05) is 43.4 Å². The smallest absolute Gasteiger partial charge is 0.306 e. The van der Waals surface area contributed by atoms with Crippen LogP contribution < -0.4 is 0 Å². The number of aliphatic hydroxyl groups is 16. The molecule has 0 amide bonds. The zero-order valence-corrected chi connectivity index (χ0v) is 53.8. The molecule has 16 N–H and O–H groups in total. The van der Waals surface area contributed by atoms with Gasteiger partial charge in [-0.3, -0.25) is 9.59 Å². The van der Waals surface area contributed by atoms with Gasteiger partial charge in [-0.1, -0.05) is 194 Å². The molecule has 0 heterocycles. The molecule has 0 aromatic rings. The Balaban J connectivity index is 7.88. The van der Waals surface area contributed by atoms with E-state index in [0.29, 0.717) is 25.7 Å². The Morgan fingerprint density at radius 1 is 0.345 bits per heavy atom. The SMILES string of the molecule is CCCCCCCCCCCCCCCCCC(=O)OCC(OC(=O)CCCCCCCCCCCCCCCCC)C(CC(O)CO)C(CC(O)CO)(CC(O)CO)C(CC(O)O)(OCC(O)CO)C(CC(O)CO)(CC(O)CO)OCC(O)CO. The number of ether oxygens (including phenoxy) is 4. The van der Waals surface area contributed by atoms with E-state index in [4.69, 9.17) is 18.9 Å². The van der Waals surface area contributed by atoms with Crippen LogP contribution in [0.15, 0.2) is 0 Å². The molecule has 22 heteroatoms. The summed E-state index contributed by atoms with van der Waals surface area (Å²) in [4.78, 5) is 28.3. The van der Waals surface area contributed by atoms with Crippen LogP contribution in [-0.2, 0) is 28.5 Å². The van der Waals surface area contributed by atoms with Gasteiger partial charge in [-0.15, -0.1) is 0 Å². The fraction of sp³-hybridized carbons (Fsp3) is 0.969. The lowest BCUT2D eigenvalue weighted by Gasteiger charge is -2.64. The molecule has 22 nitrogen and oxygen atoms in total. The highest BCUT2D eigenvalue weighted by molar-refractivity contribution is 5.70. The van der Waals surface area contributed by atoms with E-state index in [1.54, 1.807) is 0 Å². The Hall–Kier alpha value is -1.78. The van der Waals surface area contributed by atoms with Gasteiger partial charge in [0.1, 0.15) is 36.1 Å². The van der Waals surface area contributed by atoms with E-state index in [0.717, 1.165) is 64.2 Å². The summed E-state index contributed by atoms with van der Waals surface area (Å²) in [6.07, 6.45) is 7.71. The molecule has 0 rings (SSSR count). The van der Waals surface area contributed by atoms with Gasteiger partial charge in [-0.2, -0.15) is 0 Å². The summed E-state index contributed by atoms with van der Waals surface area (Å²) in [5.41, 5.74) is -8.47. The summed E-state index contributed by atoms with van der Waals surface area (Å²) >= 11 is 0. The number of carbonyl (C=O) groups excluding carboxylic acids is 2. The molecule has 0 radical (unpaired) electrons. The average Bonchev–Trinajstić information content (AvgIpc) is 0.710. The zero-order chi connectivity index (χ0) is 65.2. The first kappa shape index (κ1) is 85.2. The van der Waals surface area contributed by atoms with Gasteiger partial charge < -0.3 is 101 Å². The fourth-order valence-corrected chi connectivity index (χ4v) is 12.6. The van der Waals surface area contributed by atoms with Gasteiger partial charge >= 0.3 is 11.9 Å². The van der Waals surface area contributed by atoms with Crippen molar-refractivity contribution < 1.29 is 110 Å². The van der Waals surface area contributed by atoms with Crippen molar-refractivity contribution in [3.63, 3.8) is 0 Å². The maximum Gasteiger partial charge on any atom is 0.306 e. The molecule has 87 heavy (non-hydrogen) atoms. The highest BCUT2D eigenvalue weighted by atomic mass is 16.6. The third-order valence-corrected chi connectivity index (χ3v) is 17.2. The highest BCUT2D eigenvalue weighted by Crippen LogP contribution is 2.61. The van der Waals surface area contributed by atoms with Crippen LogP contribution in [-0.4, -0.2) is 226 Å². The number of rotatable bonds is 64. The molecule has 10 unspecified atom stereocenters. The number of esters is 2. The molecule has 0 saturated heterocycles. The minimum absolute atomic E-state index is 0.0927. The van der Waals surface area contributed by atoms with Crippen LogP contribution in [0.4, 0.5) is 0 Å². The van der Waals surface area contributed by atoms with Crippen molar-refractivity contribution in [2.45, 2.75) is 324 Å². The fourth-order valence-electron chi connectivity index (χ4n) is 12.6. The van der Waals surface area contributed by atoms with Gasteiger partial charge in [0.25, 0.3) is 0 Å². The predicted octanol–water partition coefficient (Wildman–Crippen LogP) is 5.20. The summed E-state index contributed by atoms with van der Waals surface area (Å²) in [6.45, 7) is -6.03. The normalized spacial score (nSPS) is 17.4. The molecule has 0 fully saturated rings. The summed E-state index contributed by atoms with van der Waals surface area (Å²) < 4.78 is 25.4. The molecule has 0 aromatic heterocycles. The molecule has 10 atom stereocenters. The molecular formula is C65H128O22. The Labute approximate surface area is 522 Å². The van der Waals surface area contributed by atoms with E-state index in [2.05, 4.69) is 13.8 Å². The Kier molecular flexibility index (Phi) is 52.6. The van der Waals surface area contributed by atoms with Gasteiger partial charge in [0.05, 0.1) is 90.0 Å². The van der Waals surface area contributed by atoms with Gasteiger partial charge in [0.2, 0.25) is 0 Å². The Bertz CT molecular complexity index is 1560. The molecule has 0 aliphatic carbocycles. The van der Waals surface area contributed by atoms with Crippen LogP contribution in [0, 0.1) is 11.3 Å². The van der Waals surface area contributed by atoms with Crippen molar-refractivity contribution in [3.8, 4) is 0 Å². The van der Waals surface area contributed by atoms with Crippen LogP contribution in [0.2, 0.25) is 0 Å². The second kappa shape index (κ2) is 53.7. The second-order valence-corrected chi connectivity index (χ2v) is 24.9. The number of hydrogen-bond acceptors (Lipinski definition) is 22. The van der Waals surface area contributed by atoms with Crippen molar-refractivity contribution in [3.05, 3.63) is 0 Å². The van der Waals surface area contributed by atoms with Crippen LogP contribution in [0.5, 0.6) is 0 Å². The van der Waals surface area contributed by atoms with E-state index in [-0.39, 0.29) is 12.8 Å². The van der Waals surface area contributed by atoms with Crippen molar-refractivity contribution in [1.82, 2.24) is 0 Å². The maximum absolute atomic E-state index is 14.4. The Morgan fingerprint density at radius 2 is 0.655 bits per heavy atom. The van der Waals surface area contributed by atoms with Crippen LogP contribution in [0.3, 0.4) is 0 Å². The van der Waals surface area contributed by atoms with E-state index in [1.807, 2.05) is 0 Å². The van der Waals surface area contributed by atoms with Gasteiger partial charge in [-0.05, 0) is 32.1 Å². The lowest BCUT2D eigenvalue weighted by molar-refractivity contribution is -0.330. The molecule has 0 bridgehead atoms. The lowest BCUT2D eigenvalue weighted by Crippen LogP contribution is -2.74. The summed E-state index contributed by atoms with van der Waals surface area (Å²) in [6, 6.07) is 0. The van der Waals surface area contributed by atoms with Gasteiger partial charge in [0.15, 0.2) is 6.29 Å². The topological polar surface area (TPSA) is 395 Å². The lowest BCUT2D eigenvalue weighted by atomic mass is 9.49. The quantitative estimate of drug-likeness (QED) is 0.0211. The molecule has 0 aromatic carbocycles. The number of unbranched alkanes of at least 4 members (excludes halogenated alkanes) is 28. The van der Waals surface area contributed by atoms with E-state index in [9.17, 15) is 91.3 Å². The number of aliphatic hydroxyl groups excluding tert-OH is 15. The van der Waals surface area contributed by atoms with Crippen LogP contribution in [0.25, 0.3) is 0 Å². The molecule has 0 saturated carbocycles. The molecular weight excluding hydrogens is 1130 g/mol. The third-order valence-electron chi connectivity index (χ3n) is 17.2. The number of hydrogen-bond donors (Lipinski definition) is 16. The monoisotopic (exact) mass is 1260 g/mol. The first-order chi connectivity index (χ1) is 41.8. The van der Waals surface area contributed by atoms with Crippen molar-refractivity contribution in [1.29, 1.82) is 0 Å². The Morgan fingerprint density at radius 3 is 0.989 bits per heavy atom. The van der Waals surface area contributed by atoms with Crippen molar-refractivity contribution in [2.75, 3.05) is 66.1 Å². The molecule has 520 valence electrons. The van der Waals surface area contributed by atoms with Crippen molar-refractivity contribution in [2.24, 2.45) is 11.3 Å². The van der Waals surface area contributed by atoms with Crippen LogP contribution in [0.1, 0.15) is 258 Å². The zero-order valence-electron chi connectivity index (χ0n) is 53.8. The maximum atomic E-state index is 14.4. The molecule has 0 spiro atoms. The second-order valence-electron chi connectivity index (χ2n) is 24.9. The summed E-state index contributed by atoms with van der Waals surface area (Å²) in [5.74, 6) is -3.50. The van der Waals surface area contributed by atoms with Crippen molar-refractivity contribution >= 4 is 11.9 Å². The summed E-state index contributed by atoms with van der Waals surface area (Å²) in [5, 5.41) is 177. The standard InChI is InChI=1S/C65H128O22/c1-3-5-7-9-11-13-15-17-19-21-23-25-27-29-31-33-61(82)84-50-59(87-62(83)34-32-30-28-26-24-22-20-18-16-14-12-10-8-6-4-2)58(35-51(73)41-66)63(36-52(74)42-67,37-53(75)43-68)65(40-60(80)81,86-49-57(79)47-72)64(38-54(76)44-69,39-55(77)45-70)85-48-56(78)46-71/h51-60,66-81H,3-50H2,1-2H3. The highest BCUT2D eigenvalue weighted by Gasteiger charge is 2.70. The third kappa shape index (κ3) is 36.9. The minimum Gasteiger partial charge on any atom is -0.462 e. The predicted molar refractivity (Wildman–Crippen MR) is 331 cm³/mol. The molecule has 0 aliphatic rings. The van der Waals surface area contributed by atoms with Gasteiger partial charge in [-0.25, -0.2) is 0 Å². The first-order valence-corrected chi connectivity index (χ1v) is 33.8. The molecule has 0 aliphatic heterocycles. The largest absolute Gasteiger partial charge is 0.462 e. The van der Waals surface area contributed by atoms with E-state index >= 15 is 0 Å².